The maximum atomic E-state index is 11.2. The molecule has 108 valence electrons. The molecule has 0 saturated carbocycles. The second-order valence-corrected chi connectivity index (χ2v) is 5.15. The molecule has 0 fully saturated rings. The fourth-order valence-corrected chi connectivity index (χ4v) is 2.05. The standard InChI is InChI=1S/C13H10BrN3O4/c1-7-2-3-9(5-11(7)17(20)21)16-12-10(13(18)19)4-8(14)6-15-12/h2-6H,1H3,(H,15,16)(H,18,19). The Morgan fingerprint density at radius 3 is 2.76 bits per heavy atom. The van der Waals surface area contributed by atoms with Crippen LogP contribution in [0.25, 0.3) is 0 Å². The highest BCUT2D eigenvalue weighted by atomic mass is 79.9. The number of carbonyl (C=O) groups is 1. The summed E-state index contributed by atoms with van der Waals surface area (Å²) in [4.78, 5) is 25.6. The average Bonchev–Trinajstić information content (AvgIpc) is 2.42. The summed E-state index contributed by atoms with van der Waals surface area (Å²) in [6, 6.07) is 5.95. The summed E-state index contributed by atoms with van der Waals surface area (Å²) in [5.74, 6) is -1.03. The number of nitro benzene ring substituents is 1. The summed E-state index contributed by atoms with van der Waals surface area (Å²) < 4.78 is 0.528. The lowest BCUT2D eigenvalue weighted by atomic mass is 10.2. The van der Waals surface area contributed by atoms with Crippen LogP contribution in [0.4, 0.5) is 17.2 Å². The molecule has 0 bridgehead atoms. The van der Waals surface area contributed by atoms with Crippen LogP contribution in [-0.2, 0) is 0 Å². The molecular formula is C13H10BrN3O4. The van der Waals surface area contributed by atoms with E-state index < -0.39 is 10.9 Å². The molecule has 2 rings (SSSR count). The van der Waals surface area contributed by atoms with E-state index in [2.05, 4.69) is 26.2 Å². The number of aromatic nitrogens is 1. The van der Waals surface area contributed by atoms with Crippen molar-refractivity contribution in [3.8, 4) is 0 Å². The maximum Gasteiger partial charge on any atom is 0.339 e. The molecule has 0 aliphatic heterocycles. The van der Waals surface area contributed by atoms with Crippen molar-refractivity contribution in [1.29, 1.82) is 0 Å². The van der Waals surface area contributed by atoms with Gasteiger partial charge in [0.25, 0.3) is 5.69 Å². The smallest absolute Gasteiger partial charge is 0.339 e. The van der Waals surface area contributed by atoms with Gasteiger partial charge in [0.1, 0.15) is 11.4 Å². The van der Waals surface area contributed by atoms with E-state index in [1.165, 1.54) is 18.3 Å². The summed E-state index contributed by atoms with van der Waals surface area (Å²) in [6.07, 6.45) is 1.44. The molecule has 0 amide bonds. The molecule has 8 heteroatoms. The normalized spacial score (nSPS) is 10.2. The van der Waals surface area contributed by atoms with Crippen molar-refractivity contribution in [3.05, 3.63) is 56.2 Å². The lowest BCUT2D eigenvalue weighted by molar-refractivity contribution is -0.385. The van der Waals surface area contributed by atoms with Crippen molar-refractivity contribution < 1.29 is 14.8 Å². The zero-order valence-corrected chi connectivity index (χ0v) is 12.4. The van der Waals surface area contributed by atoms with E-state index >= 15 is 0 Å². The highest BCUT2D eigenvalue weighted by Crippen LogP contribution is 2.26. The molecule has 21 heavy (non-hydrogen) atoms. The first-order valence-electron chi connectivity index (χ1n) is 5.79. The van der Waals surface area contributed by atoms with E-state index in [0.29, 0.717) is 15.7 Å². The number of hydrogen-bond donors (Lipinski definition) is 2. The highest BCUT2D eigenvalue weighted by Gasteiger charge is 2.15. The minimum atomic E-state index is -1.15. The van der Waals surface area contributed by atoms with Crippen LogP contribution in [0.15, 0.2) is 34.9 Å². The summed E-state index contributed by atoms with van der Waals surface area (Å²) >= 11 is 3.15. The number of hydrogen-bond acceptors (Lipinski definition) is 5. The van der Waals surface area contributed by atoms with Crippen LogP contribution in [0.2, 0.25) is 0 Å². The topological polar surface area (TPSA) is 105 Å². The SMILES string of the molecule is Cc1ccc(Nc2ncc(Br)cc2C(=O)O)cc1[N+](=O)[O-]. The number of aryl methyl sites for hydroxylation is 1. The van der Waals surface area contributed by atoms with Gasteiger partial charge < -0.3 is 10.4 Å². The summed E-state index contributed by atoms with van der Waals surface area (Å²) in [6.45, 7) is 1.63. The number of pyridine rings is 1. The highest BCUT2D eigenvalue weighted by molar-refractivity contribution is 9.10. The van der Waals surface area contributed by atoms with Gasteiger partial charge in [0, 0.05) is 28.0 Å². The zero-order chi connectivity index (χ0) is 15.6. The molecular weight excluding hydrogens is 342 g/mol. The number of nitrogens with one attached hydrogen (secondary N) is 1. The first-order chi connectivity index (χ1) is 9.88. The zero-order valence-electron chi connectivity index (χ0n) is 10.8. The lowest BCUT2D eigenvalue weighted by Gasteiger charge is -2.09. The molecule has 7 nitrogen and oxygen atoms in total. The summed E-state index contributed by atoms with van der Waals surface area (Å²) in [5, 5.41) is 22.8. The second kappa shape index (κ2) is 5.88. The Bertz CT molecular complexity index is 733. The number of nitro groups is 1. The van der Waals surface area contributed by atoms with Crippen LogP contribution in [-0.4, -0.2) is 21.0 Å². The van der Waals surface area contributed by atoms with Gasteiger partial charge in [-0.15, -0.1) is 0 Å². The van der Waals surface area contributed by atoms with Gasteiger partial charge in [-0.05, 0) is 35.0 Å². The predicted octanol–water partition coefficient (Wildman–Crippen LogP) is 3.50. The molecule has 0 radical (unpaired) electrons. The molecule has 2 aromatic rings. The Hall–Kier alpha value is -2.48. The Balaban J connectivity index is 2.41. The number of aromatic carboxylic acids is 1. The van der Waals surface area contributed by atoms with E-state index in [0.717, 1.165) is 0 Å². The van der Waals surface area contributed by atoms with Crippen LogP contribution in [0.1, 0.15) is 15.9 Å². The first kappa shape index (κ1) is 14.9. The molecule has 2 N–H and O–H groups in total. The monoisotopic (exact) mass is 351 g/mol. The average molecular weight is 352 g/mol. The van der Waals surface area contributed by atoms with Gasteiger partial charge in [-0.1, -0.05) is 6.07 Å². The van der Waals surface area contributed by atoms with Crippen LogP contribution >= 0.6 is 15.9 Å². The van der Waals surface area contributed by atoms with Crippen molar-refractivity contribution in [2.24, 2.45) is 0 Å². The second-order valence-electron chi connectivity index (χ2n) is 4.24. The molecule has 1 heterocycles. The van der Waals surface area contributed by atoms with Crippen LogP contribution in [0.3, 0.4) is 0 Å². The van der Waals surface area contributed by atoms with Crippen molar-refractivity contribution in [2.75, 3.05) is 5.32 Å². The van der Waals surface area contributed by atoms with Gasteiger partial charge in [-0.25, -0.2) is 9.78 Å². The van der Waals surface area contributed by atoms with E-state index in [-0.39, 0.29) is 17.1 Å². The number of halogens is 1. The van der Waals surface area contributed by atoms with Gasteiger partial charge in [0.05, 0.1) is 4.92 Å². The summed E-state index contributed by atoms with van der Waals surface area (Å²) in [5.41, 5.74) is 0.832. The number of nitrogens with zero attached hydrogens (tertiary/aromatic N) is 2. The van der Waals surface area contributed by atoms with Gasteiger partial charge in [0.2, 0.25) is 0 Å². The minimum absolute atomic E-state index is 0.0346. The molecule has 1 aromatic heterocycles. The lowest BCUT2D eigenvalue weighted by Crippen LogP contribution is -2.05. The third kappa shape index (κ3) is 3.34. The molecule has 0 unspecified atom stereocenters. The Morgan fingerprint density at radius 2 is 2.14 bits per heavy atom. The molecule has 1 aromatic carbocycles. The maximum absolute atomic E-state index is 11.2. The number of carboxylic acid groups (broad SMARTS) is 1. The number of anilines is 2. The van der Waals surface area contributed by atoms with E-state index in [9.17, 15) is 14.9 Å². The third-order valence-electron chi connectivity index (χ3n) is 2.75. The van der Waals surface area contributed by atoms with E-state index in [1.807, 2.05) is 0 Å². The van der Waals surface area contributed by atoms with Crippen molar-refractivity contribution in [1.82, 2.24) is 4.98 Å². The fraction of sp³-hybridized carbons (Fsp3) is 0.0769. The Morgan fingerprint density at radius 1 is 1.43 bits per heavy atom. The van der Waals surface area contributed by atoms with E-state index in [4.69, 9.17) is 5.11 Å². The first-order valence-corrected chi connectivity index (χ1v) is 6.58. The third-order valence-corrected chi connectivity index (χ3v) is 3.19. The van der Waals surface area contributed by atoms with E-state index in [1.54, 1.807) is 19.1 Å². The van der Waals surface area contributed by atoms with Crippen LogP contribution in [0, 0.1) is 17.0 Å². The van der Waals surface area contributed by atoms with Gasteiger partial charge >= 0.3 is 5.97 Å². The largest absolute Gasteiger partial charge is 0.478 e. The number of carboxylic acids is 1. The molecule has 0 aliphatic carbocycles. The van der Waals surface area contributed by atoms with Crippen LogP contribution < -0.4 is 5.32 Å². The molecule has 0 atom stereocenters. The minimum Gasteiger partial charge on any atom is -0.478 e. The van der Waals surface area contributed by atoms with Gasteiger partial charge in [-0.3, -0.25) is 10.1 Å². The van der Waals surface area contributed by atoms with Crippen LogP contribution in [0.5, 0.6) is 0 Å². The fourth-order valence-electron chi connectivity index (χ4n) is 1.72. The van der Waals surface area contributed by atoms with Crippen molar-refractivity contribution in [2.45, 2.75) is 6.92 Å². The molecule has 0 saturated heterocycles. The Labute approximate surface area is 127 Å². The van der Waals surface area contributed by atoms with Gasteiger partial charge in [0.15, 0.2) is 0 Å². The molecule has 0 spiro atoms. The molecule has 0 aliphatic rings. The van der Waals surface area contributed by atoms with Crippen molar-refractivity contribution >= 4 is 39.1 Å². The number of rotatable bonds is 4. The quantitative estimate of drug-likeness (QED) is 0.644. The van der Waals surface area contributed by atoms with Crippen molar-refractivity contribution in [3.63, 3.8) is 0 Å². The number of benzene rings is 1. The predicted molar refractivity (Wildman–Crippen MR) is 80.0 cm³/mol. The summed E-state index contributed by atoms with van der Waals surface area (Å²) in [7, 11) is 0. The van der Waals surface area contributed by atoms with Gasteiger partial charge in [-0.2, -0.15) is 0 Å². The Kier molecular flexibility index (Phi) is 4.18.